The molecule has 82 valence electrons. The van der Waals surface area contributed by atoms with Gasteiger partial charge in [-0.1, -0.05) is 0 Å². The van der Waals surface area contributed by atoms with Gasteiger partial charge in [0.05, 0.1) is 18.1 Å². The molecule has 1 aromatic rings. The summed E-state index contributed by atoms with van der Waals surface area (Å²) in [6.07, 6.45) is -3.15. The van der Waals surface area contributed by atoms with E-state index in [1.54, 1.807) is 0 Å². The third-order valence-corrected chi connectivity index (χ3v) is 1.63. The quantitative estimate of drug-likeness (QED) is 0.613. The third-order valence-electron chi connectivity index (χ3n) is 1.63. The number of halogens is 2. The minimum absolute atomic E-state index is 0.249. The molecule has 15 heavy (non-hydrogen) atoms. The molecule has 0 saturated heterocycles. The normalized spacial score (nSPS) is 10.4. The zero-order chi connectivity index (χ0) is 11.6. The summed E-state index contributed by atoms with van der Waals surface area (Å²) in [7, 11) is 1.15. The fraction of sp³-hybridized carbons (Fsp3) is 0.286. The Bertz CT molecular complexity index is 443. The van der Waals surface area contributed by atoms with Crippen LogP contribution in [-0.4, -0.2) is 17.0 Å². The van der Waals surface area contributed by atoms with Crippen molar-refractivity contribution in [3.8, 4) is 5.88 Å². The fourth-order valence-corrected chi connectivity index (χ4v) is 1.00. The van der Waals surface area contributed by atoms with Crippen molar-refractivity contribution >= 4 is 5.69 Å². The molecule has 0 saturated carbocycles. The van der Waals surface area contributed by atoms with Crippen LogP contribution in [0.1, 0.15) is 12.1 Å². The predicted octanol–water partition coefficient (Wildman–Crippen LogP) is 1.23. The molecule has 0 unspecified atom stereocenters. The molecule has 8 heteroatoms. The SMILES string of the molecule is COc1cc(=O)c([N+](=O)[O-])c(C(F)F)[nH]1. The van der Waals surface area contributed by atoms with Crippen LogP contribution >= 0.6 is 0 Å². The number of aromatic nitrogens is 1. The Balaban J connectivity index is 3.50. The van der Waals surface area contributed by atoms with Crippen LogP contribution in [-0.2, 0) is 0 Å². The number of pyridine rings is 1. The van der Waals surface area contributed by atoms with E-state index in [9.17, 15) is 23.7 Å². The number of nitrogens with one attached hydrogen (secondary N) is 1. The zero-order valence-electron chi connectivity index (χ0n) is 7.49. The van der Waals surface area contributed by atoms with Gasteiger partial charge in [0.2, 0.25) is 0 Å². The summed E-state index contributed by atoms with van der Waals surface area (Å²) in [5.41, 5.74) is -3.33. The van der Waals surface area contributed by atoms with E-state index in [-0.39, 0.29) is 5.88 Å². The molecule has 1 heterocycles. The minimum Gasteiger partial charge on any atom is -0.482 e. The molecule has 0 aliphatic rings. The van der Waals surface area contributed by atoms with Gasteiger partial charge in [0.25, 0.3) is 11.9 Å². The van der Waals surface area contributed by atoms with Gasteiger partial charge in [-0.15, -0.1) is 0 Å². The Labute approximate surface area is 81.6 Å². The van der Waals surface area contributed by atoms with Crippen LogP contribution in [0.3, 0.4) is 0 Å². The lowest BCUT2D eigenvalue weighted by molar-refractivity contribution is -0.387. The van der Waals surface area contributed by atoms with Crippen molar-refractivity contribution in [1.82, 2.24) is 4.98 Å². The molecule has 0 amide bonds. The molecule has 0 aliphatic heterocycles. The number of hydrogen-bond acceptors (Lipinski definition) is 4. The summed E-state index contributed by atoms with van der Waals surface area (Å²) in [6, 6.07) is 0.740. The molecule has 0 radical (unpaired) electrons. The second-order valence-corrected chi connectivity index (χ2v) is 2.52. The van der Waals surface area contributed by atoms with Crippen molar-refractivity contribution in [2.75, 3.05) is 7.11 Å². The molecule has 1 N–H and O–H groups in total. The maximum absolute atomic E-state index is 12.4. The summed E-state index contributed by atoms with van der Waals surface area (Å²) in [4.78, 5) is 22.3. The average Bonchev–Trinajstić information content (AvgIpc) is 2.15. The standard InChI is InChI=1S/C7H6F2N2O4/c1-15-4-2-3(12)6(11(13)14)5(10-4)7(8)9/h2,7H,1H3,(H,10,12). The van der Waals surface area contributed by atoms with Gasteiger partial charge >= 0.3 is 5.69 Å². The van der Waals surface area contributed by atoms with Crippen molar-refractivity contribution in [1.29, 1.82) is 0 Å². The van der Waals surface area contributed by atoms with Gasteiger partial charge in [-0.3, -0.25) is 14.9 Å². The molecule has 0 fully saturated rings. The van der Waals surface area contributed by atoms with E-state index < -0.39 is 28.2 Å². The van der Waals surface area contributed by atoms with Crippen LogP contribution < -0.4 is 10.2 Å². The van der Waals surface area contributed by atoms with E-state index >= 15 is 0 Å². The number of rotatable bonds is 3. The lowest BCUT2D eigenvalue weighted by atomic mass is 10.3. The monoisotopic (exact) mass is 220 g/mol. The van der Waals surface area contributed by atoms with Gasteiger partial charge < -0.3 is 9.72 Å². The van der Waals surface area contributed by atoms with E-state index in [0.717, 1.165) is 13.2 Å². The number of hydrogen-bond donors (Lipinski definition) is 1. The van der Waals surface area contributed by atoms with E-state index in [0.29, 0.717) is 0 Å². The van der Waals surface area contributed by atoms with Gasteiger partial charge in [0, 0.05) is 0 Å². The Hall–Kier alpha value is -1.99. The lowest BCUT2D eigenvalue weighted by Crippen LogP contribution is -2.13. The van der Waals surface area contributed by atoms with Crippen LogP contribution in [0.25, 0.3) is 0 Å². The first-order valence-corrected chi connectivity index (χ1v) is 3.71. The molecule has 0 atom stereocenters. The van der Waals surface area contributed by atoms with Crippen LogP contribution in [0.2, 0.25) is 0 Å². The Morgan fingerprint density at radius 1 is 1.60 bits per heavy atom. The summed E-state index contributed by atoms with van der Waals surface area (Å²) >= 11 is 0. The van der Waals surface area contributed by atoms with Gasteiger partial charge in [-0.05, 0) is 0 Å². The van der Waals surface area contributed by atoms with E-state index in [4.69, 9.17) is 0 Å². The number of methoxy groups -OCH3 is 1. The number of H-pyrrole nitrogens is 1. The zero-order valence-corrected chi connectivity index (χ0v) is 7.49. The lowest BCUT2D eigenvalue weighted by Gasteiger charge is -2.04. The van der Waals surface area contributed by atoms with Crippen molar-refractivity contribution in [2.24, 2.45) is 0 Å². The molecule has 0 bridgehead atoms. The van der Waals surface area contributed by atoms with E-state index in [1.807, 2.05) is 4.98 Å². The predicted molar refractivity (Wildman–Crippen MR) is 45.2 cm³/mol. The maximum Gasteiger partial charge on any atom is 0.341 e. The van der Waals surface area contributed by atoms with Gasteiger partial charge in [-0.2, -0.15) is 0 Å². The van der Waals surface area contributed by atoms with Crippen molar-refractivity contribution in [3.05, 3.63) is 32.1 Å². The molecule has 0 aromatic carbocycles. The van der Waals surface area contributed by atoms with Crippen molar-refractivity contribution in [3.63, 3.8) is 0 Å². The highest BCUT2D eigenvalue weighted by molar-refractivity contribution is 5.38. The first kappa shape index (κ1) is 11.1. The maximum atomic E-state index is 12.4. The molecule has 1 rings (SSSR count). The Morgan fingerprint density at radius 2 is 2.20 bits per heavy atom. The second kappa shape index (κ2) is 4.03. The van der Waals surface area contributed by atoms with Gasteiger partial charge in [0.1, 0.15) is 0 Å². The Morgan fingerprint density at radius 3 is 2.60 bits per heavy atom. The molecular weight excluding hydrogens is 214 g/mol. The summed E-state index contributed by atoms with van der Waals surface area (Å²) in [5, 5.41) is 10.4. The highest BCUT2D eigenvalue weighted by Gasteiger charge is 2.27. The largest absolute Gasteiger partial charge is 0.482 e. The van der Waals surface area contributed by atoms with Gasteiger partial charge in [0.15, 0.2) is 11.6 Å². The average molecular weight is 220 g/mol. The number of ether oxygens (including phenoxy) is 1. The summed E-state index contributed by atoms with van der Waals surface area (Å²) in [6.45, 7) is 0. The number of nitro groups is 1. The second-order valence-electron chi connectivity index (χ2n) is 2.52. The van der Waals surface area contributed by atoms with Crippen LogP contribution in [0.15, 0.2) is 10.9 Å². The topological polar surface area (TPSA) is 85.2 Å². The number of nitrogens with zero attached hydrogens (tertiary/aromatic N) is 1. The fourth-order valence-electron chi connectivity index (χ4n) is 1.00. The highest BCUT2D eigenvalue weighted by Crippen LogP contribution is 2.25. The molecule has 0 aliphatic carbocycles. The molecule has 0 spiro atoms. The van der Waals surface area contributed by atoms with E-state index in [2.05, 4.69) is 4.74 Å². The number of alkyl halides is 2. The van der Waals surface area contributed by atoms with Crippen LogP contribution in [0.5, 0.6) is 5.88 Å². The Kier molecular flexibility index (Phi) is 2.98. The van der Waals surface area contributed by atoms with Crippen molar-refractivity contribution in [2.45, 2.75) is 6.43 Å². The first-order chi connectivity index (χ1) is 6.97. The molecule has 6 nitrogen and oxygen atoms in total. The minimum atomic E-state index is -3.15. The molecular formula is C7H6F2N2O4. The van der Waals surface area contributed by atoms with Gasteiger partial charge in [-0.25, -0.2) is 8.78 Å². The summed E-state index contributed by atoms with van der Waals surface area (Å²) in [5.74, 6) is -0.249. The number of aromatic amines is 1. The molecule has 1 aromatic heterocycles. The highest BCUT2D eigenvalue weighted by atomic mass is 19.3. The summed E-state index contributed by atoms with van der Waals surface area (Å²) < 4.78 is 29.2. The first-order valence-electron chi connectivity index (χ1n) is 3.71. The van der Waals surface area contributed by atoms with Crippen LogP contribution in [0, 0.1) is 10.1 Å². The van der Waals surface area contributed by atoms with Crippen LogP contribution in [0.4, 0.5) is 14.5 Å². The van der Waals surface area contributed by atoms with E-state index in [1.165, 1.54) is 0 Å². The smallest absolute Gasteiger partial charge is 0.341 e. The third kappa shape index (κ3) is 2.09. The van der Waals surface area contributed by atoms with Crippen molar-refractivity contribution < 1.29 is 18.4 Å².